The summed E-state index contributed by atoms with van der Waals surface area (Å²) in [6, 6.07) is 13.6. The molecular formula is C15H15N5O2S. The predicted molar refractivity (Wildman–Crippen MR) is 86.2 cm³/mol. The van der Waals surface area contributed by atoms with Crippen LogP contribution in [0.2, 0.25) is 0 Å². The minimum Gasteiger partial charge on any atom is -0.280 e. The van der Waals surface area contributed by atoms with Crippen LogP contribution in [0.1, 0.15) is 5.56 Å². The van der Waals surface area contributed by atoms with E-state index >= 15 is 0 Å². The largest absolute Gasteiger partial charge is 0.280 e. The molecule has 8 heteroatoms. The number of benzene rings is 2. The van der Waals surface area contributed by atoms with Crippen LogP contribution in [0.4, 0.5) is 5.69 Å². The smallest absolute Gasteiger partial charge is 0.261 e. The fourth-order valence-corrected chi connectivity index (χ4v) is 3.15. The molecule has 0 aliphatic carbocycles. The highest BCUT2D eigenvalue weighted by Gasteiger charge is 2.14. The molecule has 0 aliphatic heterocycles. The van der Waals surface area contributed by atoms with Crippen molar-refractivity contribution < 1.29 is 8.42 Å². The number of aromatic nitrogens is 4. The Labute approximate surface area is 134 Å². The van der Waals surface area contributed by atoms with E-state index in [4.69, 9.17) is 0 Å². The van der Waals surface area contributed by atoms with E-state index in [1.54, 1.807) is 60.3 Å². The lowest BCUT2D eigenvalue weighted by molar-refractivity contribution is 0.601. The number of hydrogen-bond donors (Lipinski definition) is 1. The Morgan fingerprint density at radius 3 is 2.22 bits per heavy atom. The molecule has 1 aromatic heterocycles. The minimum absolute atomic E-state index is 0.227. The molecule has 0 aliphatic rings. The van der Waals surface area contributed by atoms with Gasteiger partial charge in [0, 0.05) is 18.3 Å². The van der Waals surface area contributed by atoms with Gasteiger partial charge in [-0.15, -0.1) is 5.10 Å². The highest BCUT2D eigenvalue weighted by atomic mass is 32.2. The summed E-state index contributed by atoms with van der Waals surface area (Å²) in [7, 11) is -1.86. The minimum atomic E-state index is -3.60. The monoisotopic (exact) mass is 329 g/mol. The molecule has 0 atom stereocenters. The zero-order valence-electron chi connectivity index (χ0n) is 12.6. The number of anilines is 1. The lowest BCUT2D eigenvalue weighted by atomic mass is 10.2. The Balaban J connectivity index is 1.83. The predicted octanol–water partition coefficient (Wildman–Crippen LogP) is 1.99. The van der Waals surface area contributed by atoms with Gasteiger partial charge in [-0.05, 0) is 53.7 Å². The normalized spacial score (nSPS) is 11.4. The molecule has 0 amide bonds. The van der Waals surface area contributed by atoms with Crippen molar-refractivity contribution in [3.63, 3.8) is 0 Å². The second-order valence-corrected chi connectivity index (χ2v) is 6.80. The fourth-order valence-electron chi connectivity index (χ4n) is 2.09. The van der Waals surface area contributed by atoms with Gasteiger partial charge in [-0.25, -0.2) is 13.1 Å². The molecule has 3 aromatic rings. The van der Waals surface area contributed by atoms with E-state index in [0.717, 1.165) is 11.1 Å². The van der Waals surface area contributed by atoms with Gasteiger partial charge < -0.3 is 0 Å². The molecule has 0 bridgehead atoms. The summed E-state index contributed by atoms with van der Waals surface area (Å²) >= 11 is 0. The number of hydrogen-bond acceptors (Lipinski definition) is 5. The molecule has 118 valence electrons. The van der Waals surface area contributed by atoms with E-state index in [1.807, 2.05) is 6.92 Å². The van der Waals surface area contributed by atoms with Crippen molar-refractivity contribution in [3.05, 3.63) is 54.1 Å². The van der Waals surface area contributed by atoms with Crippen molar-refractivity contribution in [1.82, 2.24) is 20.2 Å². The molecule has 0 radical (unpaired) electrons. The third kappa shape index (κ3) is 3.21. The molecule has 23 heavy (non-hydrogen) atoms. The maximum atomic E-state index is 12.3. The zero-order valence-corrected chi connectivity index (χ0v) is 13.4. The number of rotatable bonds is 4. The number of nitrogens with one attached hydrogen (secondary N) is 1. The van der Waals surface area contributed by atoms with Crippen molar-refractivity contribution >= 4 is 15.7 Å². The highest BCUT2D eigenvalue weighted by molar-refractivity contribution is 7.92. The van der Waals surface area contributed by atoms with Crippen molar-refractivity contribution in [3.8, 4) is 11.4 Å². The number of aryl methyl sites for hydroxylation is 2. The van der Waals surface area contributed by atoms with Gasteiger partial charge in [-0.2, -0.15) is 0 Å². The first-order valence-electron chi connectivity index (χ1n) is 6.88. The molecular weight excluding hydrogens is 314 g/mol. The molecule has 2 aromatic carbocycles. The summed E-state index contributed by atoms with van der Waals surface area (Å²) in [5, 5.41) is 11.3. The standard InChI is InChI=1S/C15H15N5O2S/c1-11-3-9-14(10-4-11)23(21,22)17-13-7-5-12(6-8-13)15-16-18-19-20(15)2/h3-10,17H,1-2H3. The third-order valence-corrected chi connectivity index (χ3v) is 4.74. The van der Waals surface area contributed by atoms with Gasteiger partial charge in [-0.1, -0.05) is 17.7 Å². The van der Waals surface area contributed by atoms with Crippen molar-refractivity contribution in [1.29, 1.82) is 0 Å². The van der Waals surface area contributed by atoms with Crippen LogP contribution in [0.15, 0.2) is 53.4 Å². The number of sulfonamides is 1. The van der Waals surface area contributed by atoms with Gasteiger partial charge in [-0.3, -0.25) is 4.72 Å². The Morgan fingerprint density at radius 1 is 1.00 bits per heavy atom. The molecule has 1 heterocycles. The van der Waals surface area contributed by atoms with Gasteiger partial charge in [0.05, 0.1) is 4.90 Å². The van der Waals surface area contributed by atoms with Gasteiger partial charge in [0.15, 0.2) is 5.82 Å². The van der Waals surface area contributed by atoms with E-state index in [9.17, 15) is 8.42 Å². The Bertz CT molecular complexity index is 915. The van der Waals surface area contributed by atoms with Crippen molar-refractivity contribution in [2.75, 3.05) is 4.72 Å². The third-order valence-electron chi connectivity index (χ3n) is 3.35. The molecule has 0 unspecified atom stereocenters. The quantitative estimate of drug-likeness (QED) is 0.790. The Hall–Kier alpha value is -2.74. The van der Waals surface area contributed by atoms with Crippen LogP contribution in [0.3, 0.4) is 0 Å². The van der Waals surface area contributed by atoms with E-state index in [-0.39, 0.29) is 4.90 Å². The molecule has 0 fully saturated rings. The van der Waals surface area contributed by atoms with Crippen LogP contribution in [0.25, 0.3) is 11.4 Å². The first-order chi connectivity index (χ1) is 11.0. The maximum Gasteiger partial charge on any atom is 0.261 e. The second-order valence-electron chi connectivity index (χ2n) is 5.12. The second kappa shape index (κ2) is 5.81. The van der Waals surface area contributed by atoms with Gasteiger partial charge >= 0.3 is 0 Å². The highest BCUT2D eigenvalue weighted by Crippen LogP contribution is 2.21. The summed E-state index contributed by atoms with van der Waals surface area (Å²) in [6.45, 7) is 1.91. The van der Waals surface area contributed by atoms with Crippen LogP contribution in [0, 0.1) is 6.92 Å². The molecule has 0 saturated carbocycles. The molecule has 0 spiro atoms. The topological polar surface area (TPSA) is 89.8 Å². The van der Waals surface area contributed by atoms with Gasteiger partial charge in [0.25, 0.3) is 10.0 Å². The van der Waals surface area contributed by atoms with E-state index in [2.05, 4.69) is 20.2 Å². The molecule has 3 rings (SSSR count). The zero-order chi connectivity index (χ0) is 16.4. The SMILES string of the molecule is Cc1ccc(S(=O)(=O)Nc2ccc(-c3nnnn3C)cc2)cc1. The Kier molecular flexibility index (Phi) is 3.83. The average Bonchev–Trinajstić information content (AvgIpc) is 2.94. The van der Waals surface area contributed by atoms with Gasteiger partial charge in [0.1, 0.15) is 0 Å². The number of nitrogens with zero attached hydrogens (tertiary/aromatic N) is 4. The van der Waals surface area contributed by atoms with Crippen LogP contribution in [0.5, 0.6) is 0 Å². The number of tetrazole rings is 1. The summed E-state index contributed by atoms with van der Waals surface area (Å²) in [5.41, 5.74) is 2.28. The summed E-state index contributed by atoms with van der Waals surface area (Å²) < 4.78 is 28.8. The lowest BCUT2D eigenvalue weighted by Gasteiger charge is -2.09. The van der Waals surface area contributed by atoms with E-state index < -0.39 is 10.0 Å². The van der Waals surface area contributed by atoms with E-state index in [0.29, 0.717) is 11.5 Å². The molecule has 0 saturated heterocycles. The summed E-state index contributed by atoms with van der Waals surface area (Å²) in [4.78, 5) is 0.227. The van der Waals surface area contributed by atoms with Crippen LogP contribution in [-0.4, -0.2) is 28.6 Å². The van der Waals surface area contributed by atoms with Crippen molar-refractivity contribution in [2.24, 2.45) is 7.05 Å². The molecule has 7 nitrogen and oxygen atoms in total. The van der Waals surface area contributed by atoms with Gasteiger partial charge in [0.2, 0.25) is 0 Å². The first kappa shape index (κ1) is 15.2. The summed E-state index contributed by atoms with van der Waals surface area (Å²) in [5.74, 6) is 0.609. The molecule has 1 N–H and O–H groups in total. The average molecular weight is 329 g/mol. The van der Waals surface area contributed by atoms with E-state index in [1.165, 1.54) is 0 Å². The lowest BCUT2D eigenvalue weighted by Crippen LogP contribution is -2.12. The fraction of sp³-hybridized carbons (Fsp3) is 0.133. The van der Waals surface area contributed by atoms with Crippen LogP contribution < -0.4 is 4.72 Å². The van der Waals surface area contributed by atoms with Crippen molar-refractivity contribution in [2.45, 2.75) is 11.8 Å². The van der Waals surface area contributed by atoms with Crippen LogP contribution >= 0.6 is 0 Å². The van der Waals surface area contributed by atoms with Crippen LogP contribution in [-0.2, 0) is 17.1 Å². The maximum absolute atomic E-state index is 12.3. The first-order valence-corrected chi connectivity index (χ1v) is 8.36. The Morgan fingerprint density at radius 2 is 1.65 bits per heavy atom. The summed E-state index contributed by atoms with van der Waals surface area (Å²) in [6.07, 6.45) is 0.